The number of aliphatic hydroxyl groups excluding tert-OH is 4. The molecular weight excluding hydrogens is 182 g/mol. The molecule has 0 radical (unpaired) electrons. The van der Waals surface area contributed by atoms with E-state index in [2.05, 4.69) is 0 Å². The molecule has 1 saturated heterocycles. The van der Waals surface area contributed by atoms with Gasteiger partial charge in [0.2, 0.25) is 0 Å². The molecule has 0 saturated carbocycles. The molecule has 12 heavy (non-hydrogen) atoms. The van der Waals surface area contributed by atoms with E-state index in [0.29, 0.717) is 0 Å². The summed E-state index contributed by atoms with van der Waals surface area (Å²) in [6.07, 6.45) is -2.24. The lowest BCUT2D eigenvalue weighted by molar-refractivity contribution is -0.0279. The highest BCUT2D eigenvalue weighted by molar-refractivity contribution is 8.00. The third-order valence-corrected chi connectivity index (χ3v) is 3.32. The van der Waals surface area contributed by atoms with Crippen LogP contribution >= 0.6 is 11.8 Å². The van der Waals surface area contributed by atoms with Gasteiger partial charge in [-0.3, -0.25) is 0 Å². The van der Waals surface area contributed by atoms with Crippen molar-refractivity contribution in [3.63, 3.8) is 0 Å². The van der Waals surface area contributed by atoms with Crippen LogP contribution in [0.2, 0.25) is 0 Å². The van der Waals surface area contributed by atoms with Crippen LogP contribution in [0.15, 0.2) is 0 Å². The third kappa shape index (κ3) is 1.73. The number of hydrogen-bond acceptors (Lipinski definition) is 6. The van der Waals surface area contributed by atoms with Gasteiger partial charge in [-0.05, 0) is 0 Å². The first-order chi connectivity index (χ1) is 5.57. The monoisotopic (exact) mass is 195 g/mol. The Morgan fingerprint density at radius 3 is 2.25 bits per heavy atom. The molecule has 1 aliphatic rings. The summed E-state index contributed by atoms with van der Waals surface area (Å²) in [6, 6.07) is -0.854. The summed E-state index contributed by atoms with van der Waals surface area (Å²) in [5, 5.41) is 36.0. The van der Waals surface area contributed by atoms with E-state index in [1.54, 1.807) is 0 Å². The molecule has 0 unspecified atom stereocenters. The van der Waals surface area contributed by atoms with Gasteiger partial charge in [0.05, 0.1) is 30.1 Å². The quantitative estimate of drug-likeness (QED) is 0.316. The average molecular weight is 195 g/mol. The molecule has 0 spiro atoms. The summed E-state index contributed by atoms with van der Waals surface area (Å²) in [5.41, 5.74) is 4.44. The largest absolute Gasteiger partial charge is 0.395 e. The van der Waals surface area contributed by atoms with Gasteiger partial charge in [0.15, 0.2) is 0 Å². The number of aliphatic hydroxyl groups is 4. The molecule has 6 N–H and O–H groups in total. The Morgan fingerprint density at radius 1 is 1.17 bits per heavy atom. The number of rotatable bonds is 1. The van der Waals surface area contributed by atoms with E-state index in [9.17, 15) is 15.3 Å². The Kier molecular flexibility index (Phi) is 3.33. The van der Waals surface area contributed by atoms with Gasteiger partial charge < -0.3 is 26.2 Å². The van der Waals surface area contributed by atoms with Crippen LogP contribution in [0.5, 0.6) is 0 Å². The molecule has 0 bridgehead atoms. The van der Waals surface area contributed by atoms with Gasteiger partial charge in [-0.15, -0.1) is 11.8 Å². The van der Waals surface area contributed by atoms with Gasteiger partial charge in [0.25, 0.3) is 0 Å². The summed E-state index contributed by atoms with van der Waals surface area (Å²) in [4.78, 5) is 0. The van der Waals surface area contributed by atoms with E-state index in [1.807, 2.05) is 0 Å². The average Bonchev–Trinajstić information content (AvgIpc) is 2.08. The van der Waals surface area contributed by atoms with Crippen molar-refractivity contribution in [2.24, 2.45) is 5.73 Å². The first-order valence-corrected chi connectivity index (χ1v) is 4.58. The van der Waals surface area contributed by atoms with Crippen LogP contribution < -0.4 is 5.73 Å². The van der Waals surface area contributed by atoms with Crippen molar-refractivity contribution in [1.29, 1.82) is 0 Å². The topological polar surface area (TPSA) is 107 Å². The fourth-order valence-electron chi connectivity index (χ4n) is 1.12. The molecule has 5 nitrogen and oxygen atoms in total. The van der Waals surface area contributed by atoms with Crippen LogP contribution in [0.25, 0.3) is 0 Å². The lowest BCUT2D eigenvalue weighted by Crippen LogP contribution is -2.57. The molecule has 1 rings (SSSR count). The van der Waals surface area contributed by atoms with Gasteiger partial charge >= 0.3 is 0 Å². The summed E-state index contributed by atoms with van der Waals surface area (Å²) in [7, 11) is 0. The van der Waals surface area contributed by atoms with E-state index in [-0.39, 0.29) is 6.61 Å². The smallest absolute Gasteiger partial charge is 0.117 e. The Hall–Kier alpha value is 0.150. The van der Waals surface area contributed by atoms with E-state index >= 15 is 0 Å². The maximum atomic E-state index is 9.30. The first-order valence-electron chi connectivity index (χ1n) is 3.64. The van der Waals surface area contributed by atoms with E-state index in [4.69, 9.17) is 10.8 Å². The van der Waals surface area contributed by atoms with Crippen LogP contribution in [0, 0.1) is 0 Å². The molecule has 6 heteroatoms. The molecule has 0 aromatic carbocycles. The summed E-state index contributed by atoms with van der Waals surface area (Å²) >= 11 is 0.977. The lowest BCUT2D eigenvalue weighted by atomic mass is 10.0. The zero-order valence-corrected chi connectivity index (χ0v) is 7.18. The van der Waals surface area contributed by atoms with Crippen LogP contribution in [0.1, 0.15) is 0 Å². The lowest BCUT2D eigenvalue weighted by Gasteiger charge is -2.37. The second-order valence-electron chi connectivity index (χ2n) is 2.81. The fourth-order valence-corrected chi connectivity index (χ4v) is 2.23. The zero-order valence-electron chi connectivity index (χ0n) is 6.37. The molecule has 0 aromatic heterocycles. The van der Waals surface area contributed by atoms with E-state index in [0.717, 1.165) is 11.8 Å². The molecule has 5 atom stereocenters. The molecule has 1 aliphatic heterocycles. The minimum absolute atomic E-state index is 0.285. The first kappa shape index (κ1) is 10.2. The van der Waals surface area contributed by atoms with Crippen molar-refractivity contribution in [2.45, 2.75) is 28.9 Å². The van der Waals surface area contributed by atoms with Crippen molar-refractivity contribution in [3.05, 3.63) is 0 Å². The standard InChI is InChI=1S/C6H13NO4S/c7-3-5(10)4(9)2(1-8)12-6(3)11/h2-6,8-11H,1,7H2/t2-,3-,4-,5+,6-/m0/s1. The van der Waals surface area contributed by atoms with Crippen molar-refractivity contribution >= 4 is 11.8 Å². The number of hydrogen-bond donors (Lipinski definition) is 5. The fraction of sp³-hybridized carbons (Fsp3) is 1.00. The minimum Gasteiger partial charge on any atom is -0.395 e. The van der Waals surface area contributed by atoms with E-state index in [1.165, 1.54) is 0 Å². The molecule has 1 fully saturated rings. The predicted molar refractivity (Wildman–Crippen MR) is 44.5 cm³/mol. The second kappa shape index (κ2) is 3.91. The van der Waals surface area contributed by atoms with Crippen molar-refractivity contribution in [3.8, 4) is 0 Å². The molecule has 0 amide bonds. The maximum Gasteiger partial charge on any atom is 0.117 e. The molecule has 72 valence electrons. The number of nitrogens with two attached hydrogens (primary N) is 1. The molecule has 1 heterocycles. The highest BCUT2D eigenvalue weighted by Gasteiger charge is 2.41. The summed E-state index contributed by atoms with van der Waals surface area (Å²) in [5.74, 6) is 0. The van der Waals surface area contributed by atoms with Crippen LogP contribution in [0.4, 0.5) is 0 Å². The highest BCUT2D eigenvalue weighted by atomic mass is 32.2. The number of thioether (sulfide) groups is 1. The molecular formula is C6H13NO4S. The Labute approximate surface area is 74.2 Å². The van der Waals surface area contributed by atoms with Gasteiger partial charge in [-0.1, -0.05) is 0 Å². The Morgan fingerprint density at radius 2 is 1.75 bits per heavy atom. The Balaban J connectivity index is 2.63. The second-order valence-corrected chi connectivity index (χ2v) is 4.17. The van der Waals surface area contributed by atoms with Gasteiger partial charge in [-0.2, -0.15) is 0 Å². The van der Waals surface area contributed by atoms with Crippen LogP contribution in [-0.4, -0.2) is 56.0 Å². The summed E-state index contributed by atoms with van der Waals surface area (Å²) < 4.78 is 0. The van der Waals surface area contributed by atoms with Crippen LogP contribution in [-0.2, 0) is 0 Å². The van der Waals surface area contributed by atoms with Gasteiger partial charge in [0, 0.05) is 0 Å². The normalized spacial score (nSPS) is 49.2. The third-order valence-electron chi connectivity index (χ3n) is 1.95. The maximum absolute atomic E-state index is 9.30. The zero-order chi connectivity index (χ0) is 9.30. The van der Waals surface area contributed by atoms with Crippen LogP contribution in [0.3, 0.4) is 0 Å². The van der Waals surface area contributed by atoms with Gasteiger partial charge in [-0.25, -0.2) is 0 Å². The van der Waals surface area contributed by atoms with Gasteiger partial charge in [0.1, 0.15) is 5.44 Å². The summed E-state index contributed by atoms with van der Waals surface area (Å²) in [6.45, 7) is -0.285. The van der Waals surface area contributed by atoms with E-state index < -0.39 is 28.9 Å². The minimum atomic E-state index is -1.17. The van der Waals surface area contributed by atoms with Crippen molar-refractivity contribution < 1.29 is 20.4 Å². The highest BCUT2D eigenvalue weighted by Crippen LogP contribution is 2.29. The van der Waals surface area contributed by atoms with Crippen molar-refractivity contribution in [1.82, 2.24) is 0 Å². The SMILES string of the molecule is N[C@H]1[C@@H](O)[C@@H](O)[C@H](CO)S[C@@H]1O. The molecule has 0 aromatic rings. The Bertz CT molecular complexity index is 154. The predicted octanol–water partition coefficient (Wildman–Crippen LogP) is -2.54. The molecule has 0 aliphatic carbocycles. The van der Waals surface area contributed by atoms with Crippen molar-refractivity contribution in [2.75, 3.05) is 6.61 Å².